The molecule has 0 aliphatic carbocycles. The zero-order chi connectivity index (χ0) is 12.7. The maximum absolute atomic E-state index is 5.19. The largest absolute Gasteiger partial charge is 0.481 e. The van der Waals surface area contributed by atoms with E-state index in [0.717, 1.165) is 37.4 Å². The molecule has 1 N–H and O–H groups in total. The van der Waals surface area contributed by atoms with Crippen molar-refractivity contribution in [1.29, 1.82) is 0 Å². The van der Waals surface area contributed by atoms with Gasteiger partial charge in [-0.05, 0) is 19.9 Å². The van der Waals surface area contributed by atoms with Gasteiger partial charge in [0.1, 0.15) is 12.1 Å². The normalized spacial score (nSPS) is 10.4. The summed E-state index contributed by atoms with van der Waals surface area (Å²) in [4.78, 5) is 10.5. The smallest absolute Gasteiger partial charge is 0.221 e. The van der Waals surface area contributed by atoms with Gasteiger partial charge in [-0.2, -0.15) is 0 Å². The molecular formula is C12H22N4O. The quantitative estimate of drug-likeness (QED) is 0.724. The first-order valence-electron chi connectivity index (χ1n) is 5.98. The van der Waals surface area contributed by atoms with Crippen molar-refractivity contribution in [3.63, 3.8) is 0 Å². The van der Waals surface area contributed by atoms with Gasteiger partial charge in [-0.3, -0.25) is 0 Å². The standard InChI is InChI=1S/C12H22N4O/c1-5-6-13-7-8-16(3)11-10(2)12(17-4)15-9-14-11/h9,13H,5-8H2,1-4H3. The van der Waals surface area contributed by atoms with Crippen LogP contribution in [0.4, 0.5) is 5.82 Å². The molecule has 0 saturated heterocycles. The lowest BCUT2D eigenvalue weighted by molar-refractivity contribution is 0.393. The van der Waals surface area contributed by atoms with Crippen LogP contribution in [-0.2, 0) is 0 Å². The third-order valence-corrected chi connectivity index (χ3v) is 2.62. The van der Waals surface area contributed by atoms with Gasteiger partial charge in [0.2, 0.25) is 5.88 Å². The second kappa shape index (κ2) is 7.06. The molecule has 0 bridgehead atoms. The average molecular weight is 238 g/mol. The van der Waals surface area contributed by atoms with Crippen LogP contribution in [0.25, 0.3) is 0 Å². The van der Waals surface area contributed by atoms with Crippen LogP contribution in [0.5, 0.6) is 5.88 Å². The van der Waals surface area contributed by atoms with E-state index in [4.69, 9.17) is 4.74 Å². The van der Waals surface area contributed by atoms with Crippen molar-refractivity contribution in [1.82, 2.24) is 15.3 Å². The van der Waals surface area contributed by atoms with E-state index in [2.05, 4.69) is 27.1 Å². The number of rotatable bonds is 7. The highest BCUT2D eigenvalue weighted by Gasteiger charge is 2.10. The Morgan fingerprint density at radius 1 is 1.35 bits per heavy atom. The van der Waals surface area contributed by atoms with Crippen molar-refractivity contribution in [2.45, 2.75) is 20.3 Å². The highest BCUT2D eigenvalue weighted by atomic mass is 16.5. The molecule has 0 aliphatic heterocycles. The zero-order valence-electron chi connectivity index (χ0n) is 11.2. The van der Waals surface area contributed by atoms with E-state index in [1.54, 1.807) is 7.11 Å². The third-order valence-electron chi connectivity index (χ3n) is 2.62. The maximum atomic E-state index is 5.19. The van der Waals surface area contributed by atoms with Gasteiger partial charge >= 0.3 is 0 Å². The van der Waals surface area contributed by atoms with Gasteiger partial charge < -0.3 is 15.0 Å². The van der Waals surface area contributed by atoms with Gasteiger partial charge in [-0.1, -0.05) is 6.92 Å². The zero-order valence-corrected chi connectivity index (χ0v) is 11.2. The van der Waals surface area contributed by atoms with Crippen LogP contribution < -0.4 is 15.0 Å². The fourth-order valence-corrected chi connectivity index (χ4v) is 1.67. The van der Waals surface area contributed by atoms with Crippen molar-refractivity contribution >= 4 is 5.82 Å². The first-order chi connectivity index (χ1) is 8.20. The fraction of sp³-hybridized carbons (Fsp3) is 0.667. The van der Waals surface area contributed by atoms with Crippen LogP contribution >= 0.6 is 0 Å². The van der Waals surface area contributed by atoms with E-state index in [-0.39, 0.29) is 0 Å². The van der Waals surface area contributed by atoms with E-state index in [0.29, 0.717) is 5.88 Å². The molecule has 96 valence electrons. The van der Waals surface area contributed by atoms with E-state index in [9.17, 15) is 0 Å². The van der Waals surface area contributed by atoms with E-state index in [1.165, 1.54) is 6.33 Å². The molecule has 1 rings (SSSR count). The molecular weight excluding hydrogens is 216 g/mol. The lowest BCUT2D eigenvalue weighted by Crippen LogP contribution is -2.30. The number of methoxy groups -OCH3 is 1. The van der Waals surface area contributed by atoms with Crippen LogP contribution in [0.3, 0.4) is 0 Å². The summed E-state index contributed by atoms with van der Waals surface area (Å²) < 4.78 is 5.19. The van der Waals surface area contributed by atoms with E-state index in [1.807, 2.05) is 14.0 Å². The molecule has 0 unspecified atom stereocenters. The minimum absolute atomic E-state index is 0.642. The molecule has 0 aliphatic rings. The summed E-state index contributed by atoms with van der Waals surface area (Å²) in [6.07, 6.45) is 2.70. The Balaban J connectivity index is 2.59. The summed E-state index contributed by atoms with van der Waals surface area (Å²) in [6.45, 7) is 7.07. The average Bonchev–Trinajstić information content (AvgIpc) is 2.34. The Kier molecular flexibility index (Phi) is 5.69. The number of aromatic nitrogens is 2. The van der Waals surface area contributed by atoms with Gasteiger partial charge in [0, 0.05) is 20.1 Å². The Hall–Kier alpha value is -1.36. The predicted molar refractivity (Wildman–Crippen MR) is 69.8 cm³/mol. The fourth-order valence-electron chi connectivity index (χ4n) is 1.67. The van der Waals surface area contributed by atoms with Crippen molar-refractivity contribution in [3.8, 4) is 5.88 Å². The Morgan fingerprint density at radius 2 is 2.12 bits per heavy atom. The molecule has 0 aromatic carbocycles. The molecule has 0 amide bonds. The molecule has 0 atom stereocenters. The van der Waals surface area contributed by atoms with Gasteiger partial charge in [0.05, 0.1) is 12.7 Å². The third kappa shape index (κ3) is 3.85. The second-order valence-corrected chi connectivity index (χ2v) is 4.00. The molecule has 5 nitrogen and oxygen atoms in total. The lowest BCUT2D eigenvalue weighted by atomic mass is 10.3. The van der Waals surface area contributed by atoms with Crippen LogP contribution in [0.1, 0.15) is 18.9 Å². The molecule has 1 aromatic heterocycles. The minimum atomic E-state index is 0.642. The molecule has 0 radical (unpaired) electrons. The molecule has 1 aromatic rings. The maximum Gasteiger partial charge on any atom is 0.221 e. The SMILES string of the molecule is CCCNCCN(C)c1ncnc(OC)c1C. The summed E-state index contributed by atoms with van der Waals surface area (Å²) in [5, 5.41) is 3.37. The van der Waals surface area contributed by atoms with Gasteiger partial charge in [0.15, 0.2) is 0 Å². The summed E-state index contributed by atoms with van der Waals surface area (Å²) in [5.74, 6) is 1.57. The van der Waals surface area contributed by atoms with Gasteiger partial charge in [-0.15, -0.1) is 0 Å². The summed E-state index contributed by atoms with van der Waals surface area (Å²) in [7, 11) is 3.66. The van der Waals surface area contributed by atoms with Crippen LogP contribution in [0.2, 0.25) is 0 Å². The second-order valence-electron chi connectivity index (χ2n) is 4.00. The summed E-state index contributed by atoms with van der Waals surface area (Å²) in [6, 6.07) is 0. The predicted octanol–water partition coefficient (Wildman–Crippen LogP) is 1.23. The number of anilines is 1. The first kappa shape index (κ1) is 13.7. The van der Waals surface area contributed by atoms with Crippen LogP contribution in [0.15, 0.2) is 6.33 Å². The molecule has 0 saturated carbocycles. The van der Waals surface area contributed by atoms with Gasteiger partial charge in [0.25, 0.3) is 0 Å². The van der Waals surface area contributed by atoms with E-state index >= 15 is 0 Å². The molecule has 0 spiro atoms. The Morgan fingerprint density at radius 3 is 2.76 bits per heavy atom. The molecule has 17 heavy (non-hydrogen) atoms. The number of likely N-dealkylation sites (N-methyl/N-ethyl adjacent to an activating group) is 1. The summed E-state index contributed by atoms with van der Waals surface area (Å²) >= 11 is 0. The Labute approximate surface area is 103 Å². The lowest BCUT2D eigenvalue weighted by Gasteiger charge is -2.20. The first-order valence-corrected chi connectivity index (χ1v) is 5.98. The molecule has 5 heteroatoms. The van der Waals surface area contributed by atoms with Crippen LogP contribution in [0, 0.1) is 6.92 Å². The number of ether oxygens (including phenoxy) is 1. The Bertz CT molecular complexity index is 343. The van der Waals surface area contributed by atoms with Crippen molar-refractivity contribution in [3.05, 3.63) is 11.9 Å². The topological polar surface area (TPSA) is 50.3 Å². The molecule has 0 fully saturated rings. The number of hydrogen-bond donors (Lipinski definition) is 1. The van der Waals surface area contributed by atoms with Crippen molar-refractivity contribution in [2.75, 3.05) is 38.7 Å². The monoisotopic (exact) mass is 238 g/mol. The number of nitrogens with one attached hydrogen (secondary N) is 1. The number of hydrogen-bond acceptors (Lipinski definition) is 5. The number of nitrogens with zero attached hydrogens (tertiary/aromatic N) is 3. The highest BCUT2D eigenvalue weighted by Crippen LogP contribution is 2.21. The minimum Gasteiger partial charge on any atom is -0.481 e. The van der Waals surface area contributed by atoms with Crippen molar-refractivity contribution < 1.29 is 4.74 Å². The van der Waals surface area contributed by atoms with E-state index < -0.39 is 0 Å². The van der Waals surface area contributed by atoms with Crippen molar-refractivity contribution in [2.24, 2.45) is 0 Å². The summed E-state index contributed by atoms with van der Waals surface area (Å²) in [5.41, 5.74) is 0.980. The highest BCUT2D eigenvalue weighted by molar-refractivity contribution is 5.49. The van der Waals surface area contributed by atoms with Gasteiger partial charge in [-0.25, -0.2) is 9.97 Å². The van der Waals surface area contributed by atoms with Crippen LogP contribution in [-0.4, -0.2) is 43.8 Å². The molecule has 1 heterocycles.